The van der Waals surface area contributed by atoms with Gasteiger partial charge >= 0.3 is 5.97 Å². The van der Waals surface area contributed by atoms with Crippen molar-refractivity contribution in [3.05, 3.63) is 72.9 Å². The van der Waals surface area contributed by atoms with E-state index in [0.29, 0.717) is 19.3 Å². The first kappa shape index (κ1) is 56.3. The Hall–Kier alpha value is -2.70. The zero-order valence-corrected chi connectivity index (χ0v) is 38.6. The molecule has 3 N–H and O–H groups in total. The second-order valence-electron chi connectivity index (χ2n) is 16.6. The van der Waals surface area contributed by atoms with E-state index in [4.69, 9.17) is 4.74 Å². The van der Waals surface area contributed by atoms with Gasteiger partial charge in [0.25, 0.3) is 0 Å². The van der Waals surface area contributed by atoms with Crippen molar-refractivity contribution in [2.45, 2.75) is 244 Å². The predicted octanol–water partition coefficient (Wildman–Crippen LogP) is 14.6. The fraction of sp³-hybridized carbons (Fsp3) is 0.736. The first-order valence-electron chi connectivity index (χ1n) is 24.7. The number of aliphatic hydroxyl groups is 2. The van der Waals surface area contributed by atoms with Gasteiger partial charge in [-0.25, -0.2) is 0 Å². The minimum absolute atomic E-state index is 0.0263. The van der Waals surface area contributed by atoms with Crippen molar-refractivity contribution in [3.63, 3.8) is 0 Å². The van der Waals surface area contributed by atoms with Crippen molar-refractivity contribution in [2.75, 3.05) is 6.61 Å². The van der Waals surface area contributed by atoms with E-state index in [1.807, 2.05) is 54.7 Å². The van der Waals surface area contributed by atoms with Crippen LogP contribution in [0.25, 0.3) is 0 Å². The Bertz CT molecular complexity index is 1110. The summed E-state index contributed by atoms with van der Waals surface area (Å²) in [5, 5.41) is 23.7. The number of allylic oxidation sites excluding steroid dienone is 11. The molecule has 0 saturated heterocycles. The SMILES string of the molecule is CC/C=C/C=C/C=C\C=C/C=C/CC(CC(=O)NC(CO)C(O)CCCCCCCCCCCCCCCCC)OC(=O)CCCCC/C=C\CCCCCCCCC. The van der Waals surface area contributed by atoms with Crippen LogP contribution in [0.1, 0.15) is 226 Å². The van der Waals surface area contributed by atoms with Crippen molar-refractivity contribution in [2.24, 2.45) is 0 Å². The summed E-state index contributed by atoms with van der Waals surface area (Å²) in [6, 6.07) is -0.744. The largest absolute Gasteiger partial charge is 0.461 e. The van der Waals surface area contributed by atoms with E-state index < -0.39 is 18.2 Å². The van der Waals surface area contributed by atoms with E-state index in [0.717, 1.165) is 57.8 Å². The molecule has 0 fully saturated rings. The van der Waals surface area contributed by atoms with E-state index in [1.54, 1.807) is 0 Å². The first-order chi connectivity index (χ1) is 29.0. The number of esters is 1. The standard InChI is InChI=1S/C53H93NO5/c1-4-7-10-13-16-19-22-24-26-27-30-33-36-39-42-45-51(56)50(48-55)54-52(57)47-49(44-41-38-35-32-29-21-18-15-12-9-6-3)59-53(58)46-43-40-37-34-31-28-25-23-20-17-14-11-8-5-2/h9,12,15,18,21,28-29,31-32,35,38,41,49-51,55-56H,4-8,10-11,13-14,16-17,19-20,22-27,30,33-34,36-37,39-40,42-48H2,1-3H3,(H,54,57)/b12-9+,18-15+,29-21-,31-28-,35-32-,41-38+. The van der Waals surface area contributed by atoms with Gasteiger partial charge in [0.05, 0.1) is 25.2 Å². The van der Waals surface area contributed by atoms with Gasteiger partial charge in [-0.3, -0.25) is 9.59 Å². The van der Waals surface area contributed by atoms with Crippen molar-refractivity contribution in [3.8, 4) is 0 Å². The normalized spacial score (nSPS) is 13.9. The minimum atomic E-state index is -0.822. The van der Waals surface area contributed by atoms with Gasteiger partial charge in [0, 0.05) is 12.8 Å². The molecular formula is C53H93NO5. The molecule has 0 aliphatic rings. The average molecular weight is 824 g/mol. The van der Waals surface area contributed by atoms with Crippen LogP contribution in [0.4, 0.5) is 0 Å². The lowest BCUT2D eigenvalue weighted by molar-refractivity contribution is -0.150. The molecule has 0 rings (SSSR count). The molecule has 0 spiro atoms. The molecule has 0 aromatic carbocycles. The minimum Gasteiger partial charge on any atom is -0.461 e. The summed E-state index contributed by atoms with van der Waals surface area (Å²) >= 11 is 0. The molecule has 6 nitrogen and oxygen atoms in total. The molecule has 59 heavy (non-hydrogen) atoms. The van der Waals surface area contributed by atoms with Crippen LogP contribution in [0.5, 0.6) is 0 Å². The summed E-state index contributed by atoms with van der Waals surface area (Å²) in [6.45, 7) is 6.29. The third-order valence-electron chi connectivity index (χ3n) is 10.9. The lowest BCUT2D eigenvalue weighted by Gasteiger charge is -2.24. The van der Waals surface area contributed by atoms with Crippen molar-refractivity contribution >= 4 is 11.9 Å². The maximum atomic E-state index is 13.1. The lowest BCUT2D eigenvalue weighted by Crippen LogP contribution is -2.46. The zero-order valence-electron chi connectivity index (χ0n) is 38.6. The van der Waals surface area contributed by atoms with Gasteiger partial charge in [0.1, 0.15) is 6.10 Å². The smallest absolute Gasteiger partial charge is 0.306 e. The highest BCUT2D eigenvalue weighted by Crippen LogP contribution is 2.16. The molecule has 3 unspecified atom stereocenters. The van der Waals surface area contributed by atoms with Crippen LogP contribution in [0.15, 0.2) is 72.9 Å². The highest BCUT2D eigenvalue weighted by molar-refractivity contribution is 5.77. The molecule has 0 saturated carbocycles. The van der Waals surface area contributed by atoms with Gasteiger partial charge in [0.2, 0.25) is 5.91 Å². The molecule has 0 radical (unpaired) electrons. The maximum absolute atomic E-state index is 13.1. The fourth-order valence-electron chi connectivity index (χ4n) is 7.15. The number of rotatable bonds is 43. The topological polar surface area (TPSA) is 95.9 Å². The number of nitrogens with one attached hydrogen (secondary N) is 1. The highest BCUT2D eigenvalue weighted by Gasteiger charge is 2.23. The van der Waals surface area contributed by atoms with E-state index in [1.165, 1.54) is 122 Å². The second kappa shape index (κ2) is 46.4. The molecule has 0 aliphatic carbocycles. The molecule has 1 amide bonds. The Morgan fingerprint density at radius 2 is 0.949 bits per heavy atom. The molecule has 0 aromatic heterocycles. The summed E-state index contributed by atoms with van der Waals surface area (Å²) in [5.41, 5.74) is 0. The van der Waals surface area contributed by atoms with Crippen LogP contribution in [-0.4, -0.2) is 46.9 Å². The Balaban J connectivity index is 4.66. The van der Waals surface area contributed by atoms with Crippen molar-refractivity contribution in [1.29, 1.82) is 0 Å². The number of amides is 1. The van der Waals surface area contributed by atoms with E-state index in [2.05, 4.69) is 44.3 Å². The van der Waals surface area contributed by atoms with Crippen LogP contribution in [0, 0.1) is 0 Å². The van der Waals surface area contributed by atoms with Crippen molar-refractivity contribution in [1.82, 2.24) is 5.32 Å². The zero-order chi connectivity index (χ0) is 43.1. The second-order valence-corrected chi connectivity index (χ2v) is 16.6. The van der Waals surface area contributed by atoms with Crippen LogP contribution in [0.2, 0.25) is 0 Å². The van der Waals surface area contributed by atoms with Gasteiger partial charge in [-0.05, 0) is 44.9 Å². The number of hydrogen-bond donors (Lipinski definition) is 3. The molecule has 0 aromatic rings. The van der Waals surface area contributed by atoms with Crippen LogP contribution < -0.4 is 5.32 Å². The van der Waals surface area contributed by atoms with Gasteiger partial charge in [0.15, 0.2) is 0 Å². The Morgan fingerprint density at radius 1 is 0.525 bits per heavy atom. The van der Waals surface area contributed by atoms with E-state index >= 15 is 0 Å². The lowest BCUT2D eigenvalue weighted by atomic mass is 10.0. The summed E-state index contributed by atoms with van der Waals surface area (Å²) in [7, 11) is 0. The summed E-state index contributed by atoms with van der Waals surface area (Å²) in [4.78, 5) is 26.0. The Morgan fingerprint density at radius 3 is 1.42 bits per heavy atom. The van der Waals surface area contributed by atoms with E-state index in [-0.39, 0.29) is 24.9 Å². The molecule has 0 bridgehead atoms. The molecule has 340 valence electrons. The monoisotopic (exact) mass is 824 g/mol. The number of hydrogen-bond acceptors (Lipinski definition) is 5. The Labute approximate surface area is 364 Å². The van der Waals surface area contributed by atoms with Gasteiger partial charge in [-0.15, -0.1) is 0 Å². The number of ether oxygens (including phenoxy) is 1. The average Bonchev–Trinajstić information content (AvgIpc) is 3.23. The quantitative estimate of drug-likeness (QED) is 0.0246. The van der Waals surface area contributed by atoms with Gasteiger partial charge in [-0.1, -0.05) is 235 Å². The van der Waals surface area contributed by atoms with Crippen LogP contribution >= 0.6 is 0 Å². The summed E-state index contributed by atoms with van der Waals surface area (Å²) < 4.78 is 5.82. The third-order valence-corrected chi connectivity index (χ3v) is 10.9. The van der Waals surface area contributed by atoms with Crippen LogP contribution in [0.3, 0.4) is 0 Å². The van der Waals surface area contributed by atoms with E-state index in [9.17, 15) is 19.8 Å². The number of unbranched alkanes of at least 4 members (excludes halogenated alkanes) is 24. The molecule has 0 heterocycles. The van der Waals surface area contributed by atoms with Crippen LogP contribution in [-0.2, 0) is 14.3 Å². The molecule has 6 heteroatoms. The molecular weight excluding hydrogens is 731 g/mol. The highest BCUT2D eigenvalue weighted by atomic mass is 16.5. The summed E-state index contributed by atoms with van der Waals surface area (Å²) in [6.07, 6.45) is 58.5. The Kier molecular flexibility index (Phi) is 44.2. The number of carbonyl (C=O) groups excluding carboxylic acids is 2. The third kappa shape index (κ3) is 41.8. The number of carbonyl (C=O) groups is 2. The molecule has 0 aliphatic heterocycles. The maximum Gasteiger partial charge on any atom is 0.306 e. The van der Waals surface area contributed by atoms with Gasteiger partial charge in [-0.2, -0.15) is 0 Å². The van der Waals surface area contributed by atoms with Gasteiger partial charge < -0.3 is 20.3 Å². The molecule has 3 atom stereocenters. The van der Waals surface area contributed by atoms with Crippen molar-refractivity contribution < 1.29 is 24.5 Å². The fourth-order valence-corrected chi connectivity index (χ4v) is 7.15. The first-order valence-corrected chi connectivity index (χ1v) is 24.7. The predicted molar refractivity (Wildman–Crippen MR) is 255 cm³/mol. The summed E-state index contributed by atoms with van der Waals surface area (Å²) in [5.74, 6) is -0.628. The number of aliphatic hydroxyl groups excluding tert-OH is 2.